The number of H-pyrrole nitrogens is 1. The fourth-order valence-corrected chi connectivity index (χ4v) is 7.31. The second-order valence-electron chi connectivity index (χ2n) is 14.5. The Balaban J connectivity index is 0.916. The third-order valence-corrected chi connectivity index (χ3v) is 10.5. The number of aliphatic hydroxyl groups is 2. The molecule has 4 aromatic carbocycles. The Bertz CT molecular complexity index is 2010. The summed E-state index contributed by atoms with van der Waals surface area (Å²) in [6, 6.07) is 32.7. The van der Waals surface area contributed by atoms with Crippen molar-refractivity contribution >= 4 is 16.9 Å². The van der Waals surface area contributed by atoms with Gasteiger partial charge in [0.1, 0.15) is 11.5 Å². The van der Waals surface area contributed by atoms with E-state index >= 15 is 0 Å². The average Bonchev–Trinajstić information content (AvgIpc) is 3.22. The number of benzene rings is 4. The van der Waals surface area contributed by atoms with Crippen molar-refractivity contribution in [2.75, 3.05) is 39.4 Å². The molecular weight excluding hydrogens is 695 g/mol. The highest BCUT2D eigenvalue weighted by Gasteiger charge is 2.42. The van der Waals surface area contributed by atoms with Gasteiger partial charge in [0.25, 0.3) is 0 Å². The number of rotatable bonds is 19. The SMILES string of the molecule is O=C(OCC1CCN(Cc2ccccc2)CC1)[C@](O)(c1ccccc1)c1cccc(OCCCCCCCNC[C@H](O)c2ccc(O)c3[nH]c(=O)ccc23)c1. The van der Waals surface area contributed by atoms with Crippen LogP contribution in [0.4, 0.5) is 0 Å². The van der Waals surface area contributed by atoms with E-state index in [0.29, 0.717) is 46.5 Å². The molecule has 290 valence electrons. The van der Waals surface area contributed by atoms with E-state index < -0.39 is 17.7 Å². The summed E-state index contributed by atoms with van der Waals surface area (Å²) >= 11 is 0. The first-order valence-corrected chi connectivity index (χ1v) is 19.5. The number of esters is 1. The lowest BCUT2D eigenvalue weighted by Gasteiger charge is -2.33. The van der Waals surface area contributed by atoms with Gasteiger partial charge in [-0.2, -0.15) is 0 Å². The number of aliphatic hydroxyl groups excluding tert-OH is 1. The molecule has 10 heteroatoms. The molecule has 0 aliphatic carbocycles. The molecule has 55 heavy (non-hydrogen) atoms. The zero-order valence-corrected chi connectivity index (χ0v) is 31.4. The molecule has 1 aliphatic heterocycles. The van der Waals surface area contributed by atoms with E-state index in [1.807, 2.05) is 18.2 Å². The van der Waals surface area contributed by atoms with E-state index in [1.165, 1.54) is 17.7 Å². The molecule has 0 bridgehead atoms. The van der Waals surface area contributed by atoms with E-state index in [1.54, 1.807) is 54.6 Å². The number of phenols is 1. The molecule has 0 radical (unpaired) electrons. The number of unbranched alkanes of at least 4 members (excludes halogenated alkanes) is 4. The number of nitrogens with one attached hydrogen (secondary N) is 2. The molecule has 0 amide bonds. The van der Waals surface area contributed by atoms with Crippen LogP contribution in [0.5, 0.6) is 11.5 Å². The van der Waals surface area contributed by atoms with Crippen LogP contribution < -0.4 is 15.6 Å². The van der Waals surface area contributed by atoms with Gasteiger partial charge in [-0.05, 0) is 92.2 Å². The van der Waals surface area contributed by atoms with E-state index in [9.17, 15) is 24.9 Å². The first-order chi connectivity index (χ1) is 26.8. The largest absolute Gasteiger partial charge is 0.506 e. The topological polar surface area (TPSA) is 144 Å². The average molecular weight is 748 g/mol. The minimum Gasteiger partial charge on any atom is -0.506 e. The zero-order valence-electron chi connectivity index (χ0n) is 31.4. The van der Waals surface area contributed by atoms with Crippen molar-refractivity contribution in [3.05, 3.63) is 142 Å². The summed E-state index contributed by atoms with van der Waals surface area (Å²) in [7, 11) is 0. The van der Waals surface area contributed by atoms with E-state index in [4.69, 9.17) is 9.47 Å². The van der Waals surface area contributed by atoms with Gasteiger partial charge in [0.15, 0.2) is 0 Å². The number of carbonyl (C=O) groups excluding carboxylic acids is 1. The molecule has 2 heterocycles. The van der Waals surface area contributed by atoms with Gasteiger partial charge in [-0.3, -0.25) is 9.69 Å². The van der Waals surface area contributed by atoms with Crippen molar-refractivity contribution in [2.24, 2.45) is 5.92 Å². The van der Waals surface area contributed by atoms with Crippen LogP contribution in [0.1, 0.15) is 73.3 Å². The van der Waals surface area contributed by atoms with Gasteiger partial charge < -0.3 is 35.1 Å². The van der Waals surface area contributed by atoms with Crippen LogP contribution >= 0.6 is 0 Å². The molecule has 1 saturated heterocycles. The molecule has 5 N–H and O–H groups in total. The summed E-state index contributed by atoms with van der Waals surface area (Å²) in [5, 5.41) is 36.8. The van der Waals surface area contributed by atoms with Crippen LogP contribution in [0.3, 0.4) is 0 Å². The number of ether oxygens (including phenoxy) is 2. The number of aromatic nitrogens is 1. The predicted octanol–water partition coefficient (Wildman–Crippen LogP) is 6.58. The minimum absolute atomic E-state index is 0.0278. The summed E-state index contributed by atoms with van der Waals surface area (Å²) < 4.78 is 12.0. The smallest absolute Gasteiger partial charge is 0.347 e. The molecule has 0 saturated carbocycles. The Morgan fingerprint density at radius 3 is 2.35 bits per heavy atom. The monoisotopic (exact) mass is 747 g/mol. The van der Waals surface area contributed by atoms with Crippen molar-refractivity contribution in [1.29, 1.82) is 0 Å². The highest BCUT2D eigenvalue weighted by molar-refractivity contribution is 5.87. The number of hydrogen-bond donors (Lipinski definition) is 5. The fourth-order valence-electron chi connectivity index (χ4n) is 7.31. The van der Waals surface area contributed by atoms with Gasteiger partial charge in [-0.25, -0.2) is 4.79 Å². The Kier molecular flexibility index (Phi) is 14.1. The van der Waals surface area contributed by atoms with Crippen molar-refractivity contribution in [3.63, 3.8) is 0 Å². The van der Waals surface area contributed by atoms with E-state index in [-0.39, 0.29) is 23.8 Å². The third kappa shape index (κ3) is 10.6. The third-order valence-electron chi connectivity index (χ3n) is 10.5. The lowest BCUT2D eigenvalue weighted by Crippen LogP contribution is -2.40. The van der Waals surface area contributed by atoms with E-state index in [2.05, 4.69) is 39.5 Å². The number of fused-ring (bicyclic) bond motifs is 1. The number of nitrogens with zero attached hydrogens (tertiary/aromatic N) is 1. The number of likely N-dealkylation sites (tertiary alicyclic amines) is 1. The Labute approximate surface area is 322 Å². The molecule has 5 aromatic rings. The van der Waals surface area contributed by atoms with Gasteiger partial charge in [-0.1, -0.05) is 98.1 Å². The summed E-state index contributed by atoms with van der Waals surface area (Å²) in [5.74, 6) is 0.112. The Hall–Kier alpha value is -5.00. The molecule has 0 spiro atoms. The standard InChI is InChI=1S/C45H53N3O7/c49-40-21-19-38(39-20-22-42(51)47-43(39)40)41(50)30-46-25-10-2-1-3-11-28-54-37-18-12-17-36(29-37)45(53,35-15-8-5-9-16-35)44(52)55-32-34-23-26-48(27-24-34)31-33-13-6-4-7-14-33/h4-9,12-22,29,34,41,46,49-50,53H,1-3,10-11,23-28,30-32H2,(H,47,51)/t41-,45-/m0/s1. The first-order valence-electron chi connectivity index (χ1n) is 19.5. The van der Waals surface area contributed by atoms with Crippen LogP contribution in [0.2, 0.25) is 0 Å². The maximum Gasteiger partial charge on any atom is 0.347 e. The molecule has 10 nitrogen and oxygen atoms in total. The number of aromatic amines is 1. The number of aromatic hydroxyl groups is 1. The fraction of sp³-hybridized carbons (Fsp3) is 0.378. The van der Waals surface area contributed by atoms with Crippen LogP contribution in [-0.4, -0.2) is 70.6 Å². The molecule has 0 unspecified atom stereocenters. The highest BCUT2D eigenvalue weighted by atomic mass is 16.5. The Morgan fingerprint density at radius 1 is 0.855 bits per heavy atom. The molecule has 2 atom stereocenters. The van der Waals surface area contributed by atoms with Crippen molar-refractivity contribution in [2.45, 2.75) is 63.2 Å². The number of phenolic OH excluding ortho intramolecular Hbond substituents is 1. The van der Waals surface area contributed by atoms with Gasteiger partial charge in [0.2, 0.25) is 11.2 Å². The molecular formula is C45H53N3O7. The second kappa shape index (κ2) is 19.5. The minimum atomic E-state index is -1.98. The lowest BCUT2D eigenvalue weighted by atomic mass is 9.86. The van der Waals surface area contributed by atoms with Gasteiger partial charge >= 0.3 is 5.97 Å². The number of hydrogen-bond acceptors (Lipinski definition) is 9. The summed E-state index contributed by atoms with van der Waals surface area (Å²) in [6.07, 6.45) is 5.96. The van der Waals surface area contributed by atoms with Crippen LogP contribution in [0.15, 0.2) is 114 Å². The molecule has 6 rings (SSSR count). The quantitative estimate of drug-likeness (QED) is 0.0468. The number of piperidine rings is 1. The highest BCUT2D eigenvalue weighted by Crippen LogP contribution is 2.34. The lowest BCUT2D eigenvalue weighted by molar-refractivity contribution is -0.164. The van der Waals surface area contributed by atoms with Crippen molar-refractivity contribution in [1.82, 2.24) is 15.2 Å². The maximum atomic E-state index is 13.8. The Morgan fingerprint density at radius 2 is 1.56 bits per heavy atom. The predicted molar refractivity (Wildman–Crippen MR) is 214 cm³/mol. The first kappa shape index (κ1) is 39.7. The summed E-state index contributed by atoms with van der Waals surface area (Å²) in [6.45, 7) is 4.69. The second-order valence-corrected chi connectivity index (χ2v) is 14.5. The van der Waals surface area contributed by atoms with E-state index in [0.717, 1.165) is 71.1 Å². The number of carbonyl (C=O) groups is 1. The van der Waals surface area contributed by atoms with Crippen LogP contribution in [0.25, 0.3) is 10.9 Å². The number of pyridine rings is 1. The zero-order chi connectivity index (χ0) is 38.5. The van der Waals surface area contributed by atoms with Gasteiger partial charge in [0.05, 0.1) is 24.8 Å². The molecule has 1 fully saturated rings. The summed E-state index contributed by atoms with van der Waals surface area (Å²) in [4.78, 5) is 30.5. The maximum absolute atomic E-state index is 13.8. The normalized spacial score (nSPS) is 15.4. The molecule has 1 aliphatic rings. The van der Waals surface area contributed by atoms with Crippen molar-refractivity contribution in [3.8, 4) is 11.5 Å². The van der Waals surface area contributed by atoms with Gasteiger partial charge in [-0.15, -0.1) is 0 Å². The summed E-state index contributed by atoms with van der Waals surface area (Å²) in [5.41, 5.74) is 0.841. The van der Waals surface area contributed by atoms with Gasteiger partial charge in [0, 0.05) is 30.1 Å². The van der Waals surface area contributed by atoms with Crippen LogP contribution in [0, 0.1) is 5.92 Å². The molecule has 1 aromatic heterocycles. The van der Waals surface area contributed by atoms with Crippen LogP contribution in [-0.2, 0) is 21.7 Å². The van der Waals surface area contributed by atoms with Crippen molar-refractivity contribution < 1.29 is 29.6 Å².